The molecule has 0 aromatic heterocycles. The fourth-order valence-corrected chi connectivity index (χ4v) is 1.79. The molecular weight excluding hydrogens is 317 g/mol. The minimum atomic E-state index is -4.93. The molecule has 0 unspecified atom stereocenters. The summed E-state index contributed by atoms with van der Waals surface area (Å²) in [5.41, 5.74) is -1.48. The number of hydrogen-bond acceptors (Lipinski definition) is 1. The van der Waals surface area contributed by atoms with Gasteiger partial charge in [-0.15, -0.1) is 13.2 Å². The Morgan fingerprint density at radius 1 is 0.773 bits per heavy atom. The van der Waals surface area contributed by atoms with Gasteiger partial charge in [-0.2, -0.15) is 13.2 Å². The Labute approximate surface area is 119 Å². The smallest absolute Gasteiger partial charge is 0.406 e. The van der Waals surface area contributed by atoms with E-state index >= 15 is 0 Å². The summed E-state index contributed by atoms with van der Waals surface area (Å²) in [6, 6.07) is 6.02. The minimum absolute atomic E-state index is 0.0354. The van der Waals surface area contributed by atoms with Gasteiger partial charge >= 0.3 is 12.5 Å². The van der Waals surface area contributed by atoms with E-state index in [4.69, 9.17) is 0 Å². The van der Waals surface area contributed by atoms with Gasteiger partial charge in [0.05, 0.1) is 5.56 Å². The minimum Gasteiger partial charge on any atom is -0.406 e. The van der Waals surface area contributed by atoms with E-state index in [-0.39, 0.29) is 11.1 Å². The number of halogens is 7. The molecule has 118 valence electrons. The van der Waals surface area contributed by atoms with Gasteiger partial charge in [-0.1, -0.05) is 12.1 Å². The molecule has 0 radical (unpaired) electrons. The Kier molecular flexibility index (Phi) is 4.04. The van der Waals surface area contributed by atoms with Crippen LogP contribution in [0.25, 0.3) is 11.1 Å². The molecule has 8 heteroatoms. The van der Waals surface area contributed by atoms with Crippen LogP contribution in [0.2, 0.25) is 0 Å². The van der Waals surface area contributed by atoms with Crippen molar-refractivity contribution >= 4 is 0 Å². The fraction of sp³-hybridized carbons (Fsp3) is 0.143. The number of benzene rings is 2. The van der Waals surface area contributed by atoms with E-state index in [9.17, 15) is 30.7 Å². The van der Waals surface area contributed by atoms with Crippen molar-refractivity contribution in [3.8, 4) is 16.9 Å². The van der Waals surface area contributed by atoms with Crippen LogP contribution in [-0.4, -0.2) is 6.36 Å². The third kappa shape index (κ3) is 4.12. The molecule has 0 saturated heterocycles. The zero-order valence-corrected chi connectivity index (χ0v) is 10.6. The summed E-state index contributed by atoms with van der Waals surface area (Å²) in [5.74, 6) is -1.75. The molecule has 0 heterocycles. The topological polar surface area (TPSA) is 9.23 Å². The third-order valence-corrected chi connectivity index (χ3v) is 2.63. The van der Waals surface area contributed by atoms with Crippen LogP contribution in [-0.2, 0) is 6.18 Å². The molecule has 0 atom stereocenters. The van der Waals surface area contributed by atoms with Crippen LogP contribution in [0.15, 0.2) is 42.5 Å². The number of ether oxygens (including phenoxy) is 1. The van der Waals surface area contributed by atoms with Gasteiger partial charge in [0.15, 0.2) is 0 Å². The average Bonchev–Trinajstić information content (AvgIpc) is 2.35. The molecule has 0 aliphatic rings. The summed E-state index contributed by atoms with van der Waals surface area (Å²) < 4.78 is 91.2. The summed E-state index contributed by atoms with van der Waals surface area (Å²) >= 11 is 0. The highest BCUT2D eigenvalue weighted by atomic mass is 19.4. The molecule has 22 heavy (non-hydrogen) atoms. The molecule has 0 amide bonds. The molecule has 0 saturated carbocycles. The number of hydrogen-bond donors (Lipinski definition) is 0. The highest BCUT2D eigenvalue weighted by molar-refractivity contribution is 5.66. The molecule has 0 fully saturated rings. The summed E-state index contributed by atoms with van der Waals surface area (Å²) in [5, 5.41) is 0. The van der Waals surface area contributed by atoms with Crippen molar-refractivity contribution < 1.29 is 35.5 Å². The lowest BCUT2D eigenvalue weighted by atomic mass is 10.0. The number of rotatable bonds is 2. The SMILES string of the molecule is Fc1cc(-c2cccc(OC(F)(F)F)c2)cc(C(F)(F)F)c1. The van der Waals surface area contributed by atoms with Crippen molar-refractivity contribution in [3.05, 3.63) is 53.8 Å². The maximum Gasteiger partial charge on any atom is 0.573 e. The lowest BCUT2D eigenvalue weighted by Gasteiger charge is -2.12. The first-order valence-electron chi connectivity index (χ1n) is 5.78. The largest absolute Gasteiger partial charge is 0.573 e. The molecule has 0 spiro atoms. The first-order chi connectivity index (χ1) is 10.0. The van der Waals surface area contributed by atoms with Crippen LogP contribution in [0.5, 0.6) is 5.75 Å². The van der Waals surface area contributed by atoms with Crippen LogP contribution in [0.4, 0.5) is 30.7 Å². The van der Waals surface area contributed by atoms with Crippen LogP contribution in [0.1, 0.15) is 5.56 Å². The van der Waals surface area contributed by atoms with Crippen molar-refractivity contribution in [1.82, 2.24) is 0 Å². The van der Waals surface area contributed by atoms with Crippen molar-refractivity contribution in [1.29, 1.82) is 0 Å². The highest BCUT2D eigenvalue weighted by Crippen LogP contribution is 2.34. The van der Waals surface area contributed by atoms with Gasteiger partial charge in [0.1, 0.15) is 11.6 Å². The van der Waals surface area contributed by atoms with Gasteiger partial charge in [0, 0.05) is 0 Å². The van der Waals surface area contributed by atoms with E-state index in [1.54, 1.807) is 0 Å². The zero-order chi connectivity index (χ0) is 16.5. The van der Waals surface area contributed by atoms with E-state index in [0.29, 0.717) is 12.1 Å². The van der Waals surface area contributed by atoms with Gasteiger partial charge in [-0.05, 0) is 41.5 Å². The van der Waals surface area contributed by atoms with Gasteiger partial charge in [-0.3, -0.25) is 0 Å². The molecule has 0 bridgehead atoms. The molecule has 0 aliphatic heterocycles. The van der Waals surface area contributed by atoms with Crippen LogP contribution in [0.3, 0.4) is 0 Å². The maximum absolute atomic E-state index is 13.3. The fourth-order valence-electron chi connectivity index (χ4n) is 1.79. The molecule has 0 N–H and O–H groups in total. The van der Waals surface area contributed by atoms with Gasteiger partial charge in [0.25, 0.3) is 0 Å². The van der Waals surface area contributed by atoms with Crippen LogP contribution in [0, 0.1) is 5.82 Å². The second-order valence-electron chi connectivity index (χ2n) is 4.30. The zero-order valence-electron chi connectivity index (χ0n) is 10.6. The van der Waals surface area contributed by atoms with E-state index in [0.717, 1.165) is 24.3 Å². The molecule has 1 nitrogen and oxygen atoms in total. The van der Waals surface area contributed by atoms with Crippen molar-refractivity contribution in [2.45, 2.75) is 12.5 Å². The molecule has 2 aromatic carbocycles. The normalized spacial score (nSPS) is 12.3. The summed E-state index contributed by atoms with van der Waals surface area (Å²) in [7, 11) is 0. The third-order valence-electron chi connectivity index (χ3n) is 2.63. The molecule has 2 aromatic rings. The van der Waals surface area contributed by atoms with Crippen LogP contribution < -0.4 is 4.74 Å². The summed E-state index contributed by atoms with van der Waals surface area (Å²) in [6.07, 6.45) is -9.70. The molecule has 2 rings (SSSR count). The van der Waals surface area contributed by atoms with E-state index in [1.807, 2.05) is 0 Å². The lowest BCUT2D eigenvalue weighted by Crippen LogP contribution is -2.17. The lowest BCUT2D eigenvalue weighted by molar-refractivity contribution is -0.274. The molecular formula is C14H7F7O. The second-order valence-corrected chi connectivity index (χ2v) is 4.30. The Bertz CT molecular complexity index is 674. The standard InChI is InChI=1S/C14H7F7O/c15-11-5-9(4-10(7-11)13(16,17)18)8-2-1-3-12(6-8)22-14(19,20)21/h1-7H. The Morgan fingerprint density at radius 3 is 2.05 bits per heavy atom. The van der Waals surface area contributed by atoms with Crippen LogP contribution >= 0.6 is 0 Å². The second kappa shape index (κ2) is 5.51. The van der Waals surface area contributed by atoms with Crippen molar-refractivity contribution in [2.75, 3.05) is 0 Å². The van der Waals surface area contributed by atoms with E-state index in [1.165, 1.54) is 6.07 Å². The first kappa shape index (κ1) is 16.1. The first-order valence-corrected chi connectivity index (χ1v) is 5.78. The summed E-state index contributed by atoms with van der Waals surface area (Å²) in [6.45, 7) is 0. The Hall–Kier alpha value is -2.25. The van der Waals surface area contributed by atoms with Gasteiger partial charge < -0.3 is 4.74 Å². The number of alkyl halides is 6. The summed E-state index contributed by atoms with van der Waals surface area (Å²) in [4.78, 5) is 0. The average molecular weight is 324 g/mol. The highest BCUT2D eigenvalue weighted by Gasteiger charge is 2.32. The van der Waals surface area contributed by atoms with E-state index in [2.05, 4.69) is 4.74 Å². The Morgan fingerprint density at radius 2 is 1.45 bits per heavy atom. The Balaban J connectivity index is 2.44. The van der Waals surface area contributed by atoms with Crippen molar-refractivity contribution in [3.63, 3.8) is 0 Å². The quantitative estimate of drug-likeness (QED) is 0.671. The van der Waals surface area contributed by atoms with E-state index < -0.39 is 29.7 Å². The molecule has 0 aliphatic carbocycles. The predicted octanol–water partition coefficient (Wildman–Crippen LogP) is 5.41. The maximum atomic E-state index is 13.3. The monoisotopic (exact) mass is 324 g/mol. The van der Waals surface area contributed by atoms with Gasteiger partial charge in [0.2, 0.25) is 0 Å². The van der Waals surface area contributed by atoms with Gasteiger partial charge in [-0.25, -0.2) is 4.39 Å². The predicted molar refractivity (Wildman–Crippen MR) is 63.5 cm³/mol. The van der Waals surface area contributed by atoms with Crippen molar-refractivity contribution in [2.24, 2.45) is 0 Å².